The SMILES string of the molecule is CC(=O)OC1CC[C@@H](n2c([C@@H]3CCC(=O)N3)nc3cc(-c4c(C)noc4C)ccc32)C1. The molecule has 31 heavy (non-hydrogen) atoms. The number of fused-ring (bicyclic) bond motifs is 1. The van der Waals surface area contributed by atoms with Crippen molar-refractivity contribution in [3.63, 3.8) is 0 Å². The van der Waals surface area contributed by atoms with Gasteiger partial charge in [0.1, 0.15) is 17.7 Å². The van der Waals surface area contributed by atoms with Gasteiger partial charge in [0.25, 0.3) is 0 Å². The Morgan fingerprint density at radius 1 is 1.26 bits per heavy atom. The number of rotatable bonds is 4. The molecule has 3 heterocycles. The van der Waals surface area contributed by atoms with Crippen LogP contribution in [0.4, 0.5) is 0 Å². The van der Waals surface area contributed by atoms with Crippen LogP contribution in [0.2, 0.25) is 0 Å². The van der Waals surface area contributed by atoms with Crippen molar-refractivity contribution in [2.45, 2.75) is 71.1 Å². The molecule has 3 atom stereocenters. The van der Waals surface area contributed by atoms with Crippen molar-refractivity contribution < 1.29 is 18.8 Å². The Balaban J connectivity index is 1.58. The molecule has 162 valence electrons. The molecule has 1 aliphatic carbocycles. The van der Waals surface area contributed by atoms with Gasteiger partial charge in [-0.05, 0) is 50.8 Å². The van der Waals surface area contributed by atoms with Gasteiger partial charge in [-0.25, -0.2) is 4.98 Å². The number of carbonyl (C=O) groups is 2. The highest BCUT2D eigenvalue weighted by atomic mass is 16.5. The first-order valence-electron chi connectivity index (χ1n) is 10.8. The number of benzene rings is 1. The summed E-state index contributed by atoms with van der Waals surface area (Å²) in [6, 6.07) is 6.30. The predicted molar refractivity (Wildman–Crippen MR) is 113 cm³/mol. The summed E-state index contributed by atoms with van der Waals surface area (Å²) >= 11 is 0. The molecule has 1 aromatic carbocycles. The molecule has 0 radical (unpaired) electrons. The Bertz CT molecular complexity index is 1160. The molecule has 2 fully saturated rings. The standard InChI is InChI=1S/C23H26N4O4/c1-12-22(13(2)31-26-12)15-4-8-20-19(10-15)25-23(18-7-9-21(29)24-18)27(20)16-5-6-17(11-16)30-14(3)28/h4,8,10,16-18H,5-7,9,11H2,1-3H3,(H,24,29)/t16-,17?,18+/m1/s1. The lowest BCUT2D eigenvalue weighted by atomic mass is 10.0. The van der Waals surface area contributed by atoms with Gasteiger partial charge in [-0.15, -0.1) is 0 Å². The number of nitrogens with one attached hydrogen (secondary N) is 1. The summed E-state index contributed by atoms with van der Waals surface area (Å²) < 4.78 is 13.1. The molecule has 1 saturated carbocycles. The minimum atomic E-state index is -0.242. The summed E-state index contributed by atoms with van der Waals surface area (Å²) in [6.07, 6.45) is 3.66. The van der Waals surface area contributed by atoms with E-state index in [0.717, 1.165) is 65.1 Å². The molecule has 0 bridgehead atoms. The van der Waals surface area contributed by atoms with Crippen molar-refractivity contribution in [2.75, 3.05) is 0 Å². The minimum Gasteiger partial charge on any atom is -0.462 e. The summed E-state index contributed by atoms with van der Waals surface area (Å²) in [5, 5.41) is 7.14. The average molecular weight is 422 g/mol. The fourth-order valence-corrected chi connectivity index (χ4v) is 5.10. The first kappa shape index (κ1) is 19.8. The zero-order valence-electron chi connectivity index (χ0n) is 18.0. The second-order valence-electron chi connectivity index (χ2n) is 8.60. The second-order valence-corrected chi connectivity index (χ2v) is 8.60. The minimum absolute atomic E-state index is 0.0595. The summed E-state index contributed by atoms with van der Waals surface area (Å²) in [5.41, 5.74) is 4.76. The lowest BCUT2D eigenvalue weighted by Crippen LogP contribution is -2.23. The third-order valence-corrected chi connectivity index (χ3v) is 6.40. The Kier molecular flexibility index (Phi) is 4.79. The van der Waals surface area contributed by atoms with Crippen LogP contribution in [0.5, 0.6) is 0 Å². The number of aromatic nitrogens is 3. The molecule has 1 unspecified atom stereocenters. The topological polar surface area (TPSA) is 99.2 Å². The van der Waals surface area contributed by atoms with Crippen molar-refractivity contribution in [1.82, 2.24) is 20.0 Å². The van der Waals surface area contributed by atoms with Gasteiger partial charge >= 0.3 is 5.97 Å². The van der Waals surface area contributed by atoms with Crippen LogP contribution in [0.1, 0.15) is 68.4 Å². The quantitative estimate of drug-likeness (QED) is 0.640. The van der Waals surface area contributed by atoms with E-state index in [-0.39, 0.29) is 30.1 Å². The van der Waals surface area contributed by atoms with E-state index in [1.165, 1.54) is 6.92 Å². The molecule has 1 N–H and O–H groups in total. The fraction of sp³-hybridized carbons (Fsp3) is 0.478. The van der Waals surface area contributed by atoms with Crippen LogP contribution in [0.25, 0.3) is 22.2 Å². The number of ether oxygens (including phenoxy) is 1. The first-order chi connectivity index (χ1) is 14.9. The van der Waals surface area contributed by atoms with Gasteiger partial charge < -0.3 is 19.1 Å². The van der Waals surface area contributed by atoms with Gasteiger partial charge in [0.2, 0.25) is 5.91 Å². The maximum atomic E-state index is 11.9. The summed E-state index contributed by atoms with van der Waals surface area (Å²) in [5.74, 6) is 1.47. The van der Waals surface area contributed by atoms with Crippen LogP contribution in [0.15, 0.2) is 22.7 Å². The van der Waals surface area contributed by atoms with E-state index in [4.69, 9.17) is 14.2 Å². The molecule has 1 aliphatic heterocycles. The number of carbonyl (C=O) groups excluding carboxylic acids is 2. The van der Waals surface area contributed by atoms with Gasteiger partial charge in [0.15, 0.2) is 0 Å². The third kappa shape index (κ3) is 3.49. The molecule has 5 rings (SSSR count). The molecule has 1 saturated heterocycles. The number of hydrogen-bond acceptors (Lipinski definition) is 6. The van der Waals surface area contributed by atoms with Crippen LogP contribution in [0.3, 0.4) is 0 Å². The highest BCUT2D eigenvalue weighted by Crippen LogP contribution is 2.39. The summed E-state index contributed by atoms with van der Waals surface area (Å²) in [4.78, 5) is 28.3. The van der Waals surface area contributed by atoms with Crippen molar-refractivity contribution >= 4 is 22.9 Å². The molecule has 2 aromatic heterocycles. The van der Waals surface area contributed by atoms with Gasteiger partial charge in [0.05, 0.1) is 22.8 Å². The maximum Gasteiger partial charge on any atom is 0.302 e. The first-order valence-corrected chi connectivity index (χ1v) is 10.8. The molecule has 2 aliphatic rings. The van der Waals surface area contributed by atoms with Crippen LogP contribution in [-0.4, -0.2) is 32.7 Å². The largest absolute Gasteiger partial charge is 0.462 e. The van der Waals surface area contributed by atoms with Crippen LogP contribution >= 0.6 is 0 Å². The van der Waals surface area contributed by atoms with E-state index in [1.807, 2.05) is 13.8 Å². The van der Waals surface area contributed by atoms with Crippen LogP contribution in [-0.2, 0) is 14.3 Å². The van der Waals surface area contributed by atoms with Gasteiger partial charge in [-0.1, -0.05) is 11.2 Å². The molecule has 8 nitrogen and oxygen atoms in total. The highest BCUT2D eigenvalue weighted by Gasteiger charge is 2.34. The highest BCUT2D eigenvalue weighted by molar-refractivity contribution is 5.84. The Morgan fingerprint density at radius 3 is 2.77 bits per heavy atom. The predicted octanol–water partition coefficient (Wildman–Crippen LogP) is 3.92. The van der Waals surface area contributed by atoms with E-state index in [0.29, 0.717) is 6.42 Å². The van der Waals surface area contributed by atoms with E-state index in [9.17, 15) is 9.59 Å². The van der Waals surface area contributed by atoms with E-state index >= 15 is 0 Å². The van der Waals surface area contributed by atoms with Crippen molar-refractivity contribution in [2.24, 2.45) is 0 Å². The average Bonchev–Trinajstić information content (AvgIpc) is 3.48. The van der Waals surface area contributed by atoms with E-state index in [2.05, 4.69) is 33.2 Å². The van der Waals surface area contributed by atoms with Crippen LogP contribution in [0, 0.1) is 13.8 Å². The van der Waals surface area contributed by atoms with Crippen molar-refractivity contribution in [3.05, 3.63) is 35.5 Å². The van der Waals surface area contributed by atoms with Gasteiger partial charge in [-0.3, -0.25) is 9.59 Å². The fourth-order valence-electron chi connectivity index (χ4n) is 5.10. The number of amides is 1. The smallest absolute Gasteiger partial charge is 0.302 e. The van der Waals surface area contributed by atoms with Gasteiger partial charge in [-0.2, -0.15) is 0 Å². The molecular weight excluding hydrogens is 396 g/mol. The molecule has 1 amide bonds. The lowest BCUT2D eigenvalue weighted by molar-refractivity contribution is -0.146. The number of nitrogens with zero attached hydrogens (tertiary/aromatic N) is 3. The number of aryl methyl sites for hydroxylation is 2. The monoisotopic (exact) mass is 422 g/mol. The third-order valence-electron chi connectivity index (χ3n) is 6.40. The molecular formula is C23H26N4O4. The maximum absolute atomic E-state index is 11.9. The van der Waals surface area contributed by atoms with Crippen LogP contribution < -0.4 is 5.32 Å². The molecule has 0 spiro atoms. The van der Waals surface area contributed by atoms with Crippen molar-refractivity contribution in [1.29, 1.82) is 0 Å². The number of imidazole rings is 1. The normalized spacial score (nSPS) is 23.5. The Hall–Kier alpha value is -3.16. The Labute approximate surface area is 179 Å². The van der Waals surface area contributed by atoms with Crippen molar-refractivity contribution in [3.8, 4) is 11.1 Å². The summed E-state index contributed by atoms with van der Waals surface area (Å²) in [7, 11) is 0. The zero-order chi connectivity index (χ0) is 21.7. The summed E-state index contributed by atoms with van der Waals surface area (Å²) in [6.45, 7) is 5.29. The lowest BCUT2D eigenvalue weighted by Gasteiger charge is -2.20. The molecule has 8 heteroatoms. The number of esters is 1. The zero-order valence-corrected chi connectivity index (χ0v) is 18.0. The number of hydrogen-bond donors (Lipinski definition) is 1. The van der Waals surface area contributed by atoms with E-state index < -0.39 is 0 Å². The Morgan fingerprint density at radius 2 is 2.10 bits per heavy atom. The van der Waals surface area contributed by atoms with Gasteiger partial charge in [0, 0.05) is 31.4 Å². The molecule has 3 aromatic rings. The second kappa shape index (κ2) is 7.51. The van der Waals surface area contributed by atoms with E-state index in [1.54, 1.807) is 0 Å².